The van der Waals surface area contributed by atoms with Crippen molar-refractivity contribution in [1.29, 1.82) is 0 Å². The first-order chi connectivity index (χ1) is 9.77. The van der Waals surface area contributed by atoms with Gasteiger partial charge in [0.15, 0.2) is 0 Å². The first kappa shape index (κ1) is 18.0. The lowest BCUT2D eigenvalue weighted by molar-refractivity contribution is 0.213. The summed E-state index contributed by atoms with van der Waals surface area (Å²) in [6, 6.07) is 0.567. The van der Waals surface area contributed by atoms with E-state index in [0.717, 1.165) is 11.8 Å². The van der Waals surface area contributed by atoms with Crippen molar-refractivity contribution in [2.24, 2.45) is 17.7 Å². The molecular formula is C18H38N2. The Labute approximate surface area is 127 Å². The fraction of sp³-hybridized carbons (Fsp3) is 1.00. The molecule has 20 heavy (non-hydrogen) atoms. The summed E-state index contributed by atoms with van der Waals surface area (Å²) in [6.07, 6.45) is 18.1. The molecule has 3 atom stereocenters. The maximum Gasteiger partial charge on any atom is 0.0238 e. The van der Waals surface area contributed by atoms with Gasteiger partial charge in [-0.25, -0.2) is 0 Å². The van der Waals surface area contributed by atoms with Crippen molar-refractivity contribution in [1.82, 2.24) is 5.43 Å². The second-order valence-corrected chi connectivity index (χ2v) is 7.07. The first-order valence-electron chi connectivity index (χ1n) is 9.24. The van der Waals surface area contributed by atoms with Gasteiger partial charge in [0.2, 0.25) is 0 Å². The number of nitrogens with one attached hydrogen (secondary N) is 1. The van der Waals surface area contributed by atoms with Gasteiger partial charge in [-0.2, -0.15) is 0 Å². The van der Waals surface area contributed by atoms with Crippen LogP contribution >= 0.6 is 0 Å². The lowest BCUT2D eigenvalue weighted by Crippen LogP contribution is -2.42. The zero-order chi connectivity index (χ0) is 14.6. The van der Waals surface area contributed by atoms with Crippen molar-refractivity contribution in [3.05, 3.63) is 0 Å². The smallest absolute Gasteiger partial charge is 0.0238 e. The topological polar surface area (TPSA) is 38.0 Å². The van der Waals surface area contributed by atoms with E-state index in [1.54, 1.807) is 0 Å². The highest BCUT2D eigenvalue weighted by Crippen LogP contribution is 2.32. The van der Waals surface area contributed by atoms with Gasteiger partial charge in [-0.1, -0.05) is 78.1 Å². The molecule has 0 aromatic heterocycles. The van der Waals surface area contributed by atoms with E-state index in [4.69, 9.17) is 5.84 Å². The third-order valence-corrected chi connectivity index (χ3v) is 5.13. The maximum atomic E-state index is 5.79. The number of hydrazine groups is 1. The van der Waals surface area contributed by atoms with Crippen molar-refractivity contribution in [3.63, 3.8) is 0 Å². The molecule has 1 saturated carbocycles. The molecule has 2 heteroatoms. The maximum absolute atomic E-state index is 5.79. The summed E-state index contributed by atoms with van der Waals surface area (Å²) in [6.45, 7) is 4.68. The molecule has 1 rings (SSSR count). The molecule has 120 valence electrons. The van der Waals surface area contributed by atoms with E-state index in [2.05, 4.69) is 19.3 Å². The van der Waals surface area contributed by atoms with Crippen LogP contribution in [0.5, 0.6) is 0 Å². The molecular weight excluding hydrogens is 244 g/mol. The Bertz CT molecular complexity index is 217. The summed E-state index contributed by atoms with van der Waals surface area (Å²) in [5, 5.41) is 0. The summed E-state index contributed by atoms with van der Waals surface area (Å²) in [4.78, 5) is 0. The second-order valence-electron chi connectivity index (χ2n) is 7.07. The van der Waals surface area contributed by atoms with Crippen LogP contribution in [-0.4, -0.2) is 6.04 Å². The van der Waals surface area contributed by atoms with Gasteiger partial charge in [0.25, 0.3) is 0 Å². The quantitative estimate of drug-likeness (QED) is 0.311. The summed E-state index contributed by atoms with van der Waals surface area (Å²) in [5.74, 6) is 7.53. The number of unbranched alkanes of at least 4 members (excludes halogenated alkanes) is 7. The van der Waals surface area contributed by atoms with E-state index in [1.807, 2.05) is 0 Å². The fourth-order valence-corrected chi connectivity index (χ4v) is 3.80. The van der Waals surface area contributed by atoms with Gasteiger partial charge in [-0.15, -0.1) is 0 Å². The van der Waals surface area contributed by atoms with E-state index < -0.39 is 0 Å². The molecule has 0 amide bonds. The minimum Gasteiger partial charge on any atom is -0.271 e. The molecule has 0 aromatic rings. The number of rotatable bonds is 11. The first-order valence-corrected chi connectivity index (χ1v) is 9.24. The zero-order valence-electron chi connectivity index (χ0n) is 14.0. The Kier molecular flexibility index (Phi) is 10.4. The molecule has 0 aromatic carbocycles. The van der Waals surface area contributed by atoms with Crippen LogP contribution in [0.15, 0.2) is 0 Å². The summed E-state index contributed by atoms with van der Waals surface area (Å²) < 4.78 is 0. The molecule has 1 aliphatic carbocycles. The molecule has 1 aliphatic rings. The van der Waals surface area contributed by atoms with E-state index >= 15 is 0 Å². The van der Waals surface area contributed by atoms with Crippen LogP contribution in [0, 0.1) is 11.8 Å². The zero-order valence-corrected chi connectivity index (χ0v) is 14.0. The Balaban J connectivity index is 2.03. The van der Waals surface area contributed by atoms with Crippen LogP contribution in [0.2, 0.25) is 0 Å². The molecule has 0 heterocycles. The van der Waals surface area contributed by atoms with Gasteiger partial charge in [-0.05, 0) is 31.1 Å². The third-order valence-electron chi connectivity index (χ3n) is 5.13. The Morgan fingerprint density at radius 1 is 1.00 bits per heavy atom. The molecule has 3 N–H and O–H groups in total. The van der Waals surface area contributed by atoms with Crippen LogP contribution in [0.4, 0.5) is 0 Å². The van der Waals surface area contributed by atoms with Crippen LogP contribution in [0.3, 0.4) is 0 Å². The predicted molar refractivity (Wildman–Crippen MR) is 89.5 cm³/mol. The van der Waals surface area contributed by atoms with Gasteiger partial charge in [0.05, 0.1) is 0 Å². The molecule has 1 fully saturated rings. The van der Waals surface area contributed by atoms with E-state index in [0.29, 0.717) is 6.04 Å². The minimum absolute atomic E-state index is 0.567. The molecule has 0 bridgehead atoms. The Hall–Kier alpha value is -0.0800. The van der Waals surface area contributed by atoms with Crippen LogP contribution in [-0.2, 0) is 0 Å². The lowest BCUT2D eigenvalue weighted by Gasteiger charge is -2.33. The van der Waals surface area contributed by atoms with Crippen LogP contribution in [0.25, 0.3) is 0 Å². The van der Waals surface area contributed by atoms with Gasteiger partial charge >= 0.3 is 0 Å². The monoisotopic (exact) mass is 282 g/mol. The number of hydrogen-bond donors (Lipinski definition) is 2. The average Bonchev–Trinajstić information content (AvgIpc) is 2.46. The highest BCUT2D eigenvalue weighted by atomic mass is 15.2. The molecule has 0 saturated heterocycles. The summed E-state index contributed by atoms with van der Waals surface area (Å²) >= 11 is 0. The normalized spacial score (nSPS) is 24.8. The predicted octanol–water partition coefficient (Wildman–Crippen LogP) is 5.18. The highest BCUT2D eigenvalue weighted by molar-refractivity contribution is 4.80. The number of nitrogens with two attached hydrogens (primary N) is 1. The lowest BCUT2D eigenvalue weighted by atomic mass is 9.77. The summed E-state index contributed by atoms with van der Waals surface area (Å²) in [5.41, 5.74) is 3.11. The van der Waals surface area contributed by atoms with Crippen LogP contribution in [0.1, 0.15) is 97.3 Å². The second kappa shape index (κ2) is 11.6. The van der Waals surface area contributed by atoms with Gasteiger partial charge in [0, 0.05) is 6.04 Å². The van der Waals surface area contributed by atoms with Crippen LogP contribution < -0.4 is 11.3 Å². The van der Waals surface area contributed by atoms with Crippen molar-refractivity contribution in [3.8, 4) is 0 Å². The molecule has 3 unspecified atom stereocenters. The Morgan fingerprint density at radius 2 is 1.65 bits per heavy atom. The third kappa shape index (κ3) is 7.64. The van der Waals surface area contributed by atoms with Crippen molar-refractivity contribution in [2.75, 3.05) is 0 Å². The highest BCUT2D eigenvalue weighted by Gasteiger charge is 2.25. The van der Waals surface area contributed by atoms with Gasteiger partial charge in [-0.3, -0.25) is 11.3 Å². The standard InChI is InChI=1S/C18H38N2/c1-3-4-5-6-7-8-9-10-14-18(20-19)17-13-11-12-16(2)15-17/h16-18,20H,3-15,19H2,1-2H3. The molecule has 0 spiro atoms. The van der Waals surface area contributed by atoms with Gasteiger partial charge < -0.3 is 0 Å². The van der Waals surface area contributed by atoms with Crippen molar-refractivity contribution < 1.29 is 0 Å². The number of hydrogen-bond acceptors (Lipinski definition) is 2. The Morgan fingerprint density at radius 3 is 2.25 bits per heavy atom. The van der Waals surface area contributed by atoms with Gasteiger partial charge in [0.1, 0.15) is 0 Å². The largest absolute Gasteiger partial charge is 0.271 e. The van der Waals surface area contributed by atoms with Crippen molar-refractivity contribution in [2.45, 2.75) is 103 Å². The van der Waals surface area contributed by atoms with E-state index in [9.17, 15) is 0 Å². The summed E-state index contributed by atoms with van der Waals surface area (Å²) in [7, 11) is 0. The SMILES string of the molecule is CCCCCCCCCCC(NN)C1CCCC(C)C1. The van der Waals surface area contributed by atoms with E-state index in [-0.39, 0.29) is 0 Å². The average molecular weight is 283 g/mol. The molecule has 2 nitrogen and oxygen atoms in total. The van der Waals surface area contributed by atoms with Crippen molar-refractivity contribution >= 4 is 0 Å². The fourth-order valence-electron chi connectivity index (χ4n) is 3.80. The molecule has 0 aliphatic heterocycles. The van der Waals surface area contributed by atoms with E-state index in [1.165, 1.54) is 83.5 Å². The molecule has 0 radical (unpaired) electrons. The minimum atomic E-state index is 0.567.